The van der Waals surface area contributed by atoms with E-state index < -0.39 is 0 Å². The summed E-state index contributed by atoms with van der Waals surface area (Å²) in [5.74, 6) is 0. The Morgan fingerprint density at radius 1 is 1.14 bits per heavy atom. The van der Waals surface area contributed by atoms with Gasteiger partial charge >= 0.3 is 0 Å². The van der Waals surface area contributed by atoms with Gasteiger partial charge in [0.15, 0.2) is 0 Å². The topological polar surface area (TPSA) is 20.3 Å². The smallest absolute Gasteiger partial charge is 0.144 e. The largest absolute Gasteiger partial charge is 0.375 e. The maximum Gasteiger partial charge on any atom is 0.144 e. The number of hydrogen-bond acceptors (Lipinski definition) is 2. The molecule has 0 unspecified atom stereocenters. The van der Waals surface area contributed by atoms with Crippen molar-refractivity contribution in [2.75, 3.05) is 13.1 Å². The van der Waals surface area contributed by atoms with Crippen LogP contribution in [0.5, 0.6) is 0 Å². The Labute approximate surface area is 88.0 Å². The molecule has 0 spiro atoms. The third-order valence-electron chi connectivity index (χ3n) is 2.37. The average molecular weight is 197 g/mol. The van der Waals surface area contributed by atoms with Crippen LogP contribution in [0.1, 0.15) is 46.5 Å². The number of unbranched alkanes of at least 4 members (excludes halogenated alkanes) is 2. The van der Waals surface area contributed by atoms with Gasteiger partial charge in [0.2, 0.25) is 0 Å². The molecule has 0 aromatic rings. The van der Waals surface area contributed by atoms with Gasteiger partial charge in [-0.1, -0.05) is 26.7 Å². The van der Waals surface area contributed by atoms with Crippen molar-refractivity contribution in [3.63, 3.8) is 0 Å². The van der Waals surface area contributed by atoms with Crippen LogP contribution in [0, 0.1) is 0 Å². The standard InChI is InChI=1S/C12H23NO/c1-4-6-9-13(10-7-5-2)12(3)8-11-14/h8,11H,4-7,9-10H2,1-3H3. The molecule has 0 aliphatic rings. The van der Waals surface area contributed by atoms with E-state index in [2.05, 4.69) is 18.7 Å². The maximum absolute atomic E-state index is 10.4. The Hall–Kier alpha value is -0.790. The molecule has 14 heavy (non-hydrogen) atoms. The first-order valence-corrected chi connectivity index (χ1v) is 5.63. The molecule has 0 aromatic carbocycles. The Bertz CT molecular complexity index is 167. The van der Waals surface area contributed by atoms with E-state index >= 15 is 0 Å². The van der Waals surface area contributed by atoms with E-state index in [1.165, 1.54) is 25.7 Å². The first-order chi connectivity index (χ1) is 6.76. The molecule has 0 saturated heterocycles. The molecule has 0 bridgehead atoms. The van der Waals surface area contributed by atoms with Crippen molar-refractivity contribution < 1.29 is 4.79 Å². The first kappa shape index (κ1) is 13.2. The molecule has 82 valence electrons. The summed E-state index contributed by atoms with van der Waals surface area (Å²) in [7, 11) is 0. The summed E-state index contributed by atoms with van der Waals surface area (Å²) in [5.41, 5.74) is 1.10. The SMILES string of the molecule is CCCCN(CCCC)C(C)=CC=O. The van der Waals surface area contributed by atoms with Crippen molar-refractivity contribution in [3.05, 3.63) is 11.8 Å². The lowest BCUT2D eigenvalue weighted by molar-refractivity contribution is -0.104. The lowest BCUT2D eigenvalue weighted by Crippen LogP contribution is -2.24. The van der Waals surface area contributed by atoms with Gasteiger partial charge in [0, 0.05) is 18.8 Å². The highest BCUT2D eigenvalue weighted by Gasteiger charge is 2.03. The summed E-state index contributed by atoms with van der Waals surface area (Å²) < 4.78 is 0. The Morgan fingerprint density at radius 2 is 1.64 bits per heavy atom. The fourth-order valence-electron chi connectivity index (χ4n) is 1.37. The number of nitrogens with zero attached hydrogens (tertiary/aromatic N) is 1. The summed E-state index contributed by atoms with van der Waals surface area (Å²) in [4.78, 5) is 12.7. The van der Waals surface area contributed by atoms with E-state index in [-0.39, 0.29) is 0 Å². The molecule has 0 heterocycles. The minimum atomic E-state index is 0.875. The van der Waals surface area contributed by atoms with Crippen molar-refractivity contribution in [2.45, 2.75) is 46.5 Å². The van der Waals surface area contributed by atoms with Crippen LogP contribution in [0.3, 0.4) is 0 Å². The van der Waals surface area contributed by atoms with E-state index in [4.69, 9.17) is 0 Å². The molecule has 0 fully saturated rings. The van der Waals surface area contributed by atoms with E-state index in [0.29, 0.717) is 0 Å². The average Bonchev–Trinajstić information content (AvgIpc) is 2.18. The van der Waals surface area contributed by atoms with Crippen molar-refractivity contribution in [3.8, 4) is 0 Å². The Morgan fingerprint density at radius 3 is 2.00 bits per heavy atom. The third-order valence-corrected chi connectivity index (χ3v) is 2.37. The van der Waals surface area contributed by atoms with Crippen molar-refractivity contribution in [1.82, 2.24) is 4.90 Å². The van der Waals surface area contributed by atoms with Crippen LogP contribution >= 0.6 is 0 Å². The van der Waals surface area contributed by atoms with Gasteiger partial charge in [-0.15, -0.1) is 0 Å². The molecule has 0 aromatic heterocycles. The maximum atomic E-state index is 10.4. The Balaban J connectivity index is 4.07. The normalized spacial score (nSPS) is 11.5. The number of aldehydes is 1. The summed E-state index contributed by atoms with van der Waals surface area (Å²) in [6.45, 7) is 8.55. The van der Waals surface area contributed by atoms with Gasteiger partial charge in [0.25, 0.3) is 0 Å². The molecular formula is C12H23NO. The zero-order valence-corrected chi connectivity index (χ0v) is 9.75. The first-order valence-electron chi connectivity index (χ1n) is 5.63. The van der Waals surface area contributed by atoms with Crippen LogP contribution in [-0.2, 0) is 4.79 Å². The van der Waals surface area contributed by atoms with Gasteiger partial charge in [0.05, 0.1) is 0 Å². The molecule has 2 heteroatoms. The van der Waals surface area contributed by atoms with Gasteiger partial charge in [-0.25, -0.2) is 0 Å². The van der Waals surface area contributed by atoms with Crippen LogP contribution in [0.4, 0.5) is 0 Å². The minimum Gasteiger partial charge on any atom is -0.375 e. The van der Waals surface area contributed by atoms with E-state index in [1.54, 1.807) is 6.08 Å². The van der Waals surface area contributed by atoms with Crippen LogP contribution in [0.2, 0.25) is 0 Å². The summed E-state index contributed by atoms with van der Waals surface area (Å²) >= 11 is 0. The number of hydrogen-bond donors (Lipinski definition) is 0. The minimum absolute atomic E-state index is 0.875. The second-order valence-electron chi connectivity index (χ2n) is 3.64. The number of carbonyl (C=O) groups is 1. The highest BCUT2D eigenvalue weighted by molar-refractivity contribution is 5.65. The molecule has 0 radical (unpaired) electrons. The molecule has 0 rings (SSSR count). The number of carbonyl (C=O) groups excluding carboxylic acids is 1. The highest BCUT2D eigenvalue weighted by atomic mass is 16.1. The van der Waals surface area contributed by atoms with E-state index in [0.717, 1.165) is 25.1 Å². The summed E-state index contributed by atoms with van der Waals surface area (Å²) in [6, 6.07) is 0. The zero-order valence-electron chi connectivity index (χ0n) is 9.75. The van der Waals surface area contributed by atoms with Crippen LogP contribution < -0.4 is 0 Å². The summed E-state index contributed by atoms with van der Waals surface area (Å²) in [6.07, 6.45) is 7.35. The van der Waals surface area contributed by atoms with Gasteiger partial charge in [-0.3, -0.25) is 4.79 Å². The van der Waals surface area contributed by atoms with Crippen molar-refractivity contribution >= 4 is 6.29 Å². The molecule has 0 saturated carbocycles. The fraction of sp³-hybridized carbons (Fsp3) is 0.750. The van der Waals surface area contributed by atoms with Crippen LogP contribution in [0.25, 0.3) is 0 Å². The van der Waals surface area contributed by atoms with E-state index in [1.807, 2.05) is 6.92 Å². The second-order valence-corrected chi connectivity index (χ2v) is 3.64. The molecule has 0 atom stereocenters. The monoisotopic (exact) mass is 197 g/mol. The van der Waals surface area contributed by atoms with Gasteiger partial charge in [0.1, 0.15) is 6.29 Å². The molecular weight excluding hydrogens is 174 g/mol. The van der Waals surface area contributed by atoms with Gasteiger partial charge in [-0.05, 0) is 25.8 Å². The number of allylic oxidation sites excluding steroid dienone is 2. The van der Waals surface area contributed by atoms with Crippen molar-refractivity contribution in [1.29, 1.82) is 0 Å². The molecule has 0 aliphatic carbocycles. The third kappa shape index (κ3) is 5.79. The molecule has 2 nitrogen and oxygen atoms in total. The van der Waals surface area contributed by atoms with Crippen LogP contribution in [0.15, 0.2) is 11.8 Å². The fourth-order valence-corrected chi connectivity index (χ4v) is 1.37. The quantitative estimate of drug-likeness (QED) is 0.440. The van der Waals surface area contributed by atoms with Gasteiger partial charge in [-0.2, -0.15) is 0 Å². The van der Waals surface area contributed by atoms with Crippen LogP contribution in [-0.4, -0.2) is 24.3 Å². The molecule has 0 amide bonds. The number of rotatable bonds is 8. The van der Waals surface area contributed by atoms with Crippen molar-refractivity contribution in [2.24, 2.45) is 0 Å². The van der Waals surface area contributed by atoms with Gasteiger partial charge < -0.3 is 4.90 Å². The highest BCUT2D eigenvalue weighted by Crippen LogP contribution is 2.07. The lowest BCUT2D eigenvalue weighted by Gasteiger charge is -2.24. The summed E-state index contributed by atoms with van der Waals surface area (Å²) in [5, 5.41) is 0. The molecule has 0 N–H and O–H groups in total. The predicted molar refractivity (Wildman–Crippen MR) is 61.2 cm³/mol. The second kappa shape index (κ2) is 8.79. The Kier molecular flexibility index (Phi) is 8.30. The van der Waals surface area contributed by atoms with E-state index in [9.17, 15) is 4.79 Å². The predicted octanol–water partition coefficient (Wildman–Crippen LogP) is 2.99. The molecule has 0 aliphatic heterocycles. The zero-order chi connectivity index (χ0) is 10.8. The lowest BCUT2D eigenvalue weighted by atomic mass is 10.2.